The van der Waals surface area contributed by atoms with Gasteiger partial charge in [-0.2, -0.15) is 0 Å². The van der Waals surface area contributed by atoms with Crippen molar-refractivity contribution in [1.82, 2.24) is 0 Å². The second kappa shape index (κ2) is 5.91. The molecule has 1 aromatic rings. The normalized spacial score (nSPS) is 17.9. The third-order valence-corrected chi connectivity index (χ3v) is 4.52. The van der Waals surface area contributed by atoms with E-state index in [-0.39, 0.29) is 11.6 Å². The van der Waals surface area contributed by atoms with E-state index < -0.39 is 0 Å². The van der Waals surface area contributed by atoms with Gasteiger partial charge in [0.25, 0.3) is 0 Å². The van der Waals surface area contributed by atoms with Gasteiger partial charge in [0.15, 0.2) is 11.6 Å². The highest BCUT2D eigenvalue weighted by Crippen LogP contribution is 2.37. The van der Waals surface area contributed by atoms with Crippen LogP contribution in [0.5, 0.6) is 0 Å². The molecule has 1 heterocycles. The maximum absolute atomic E-state index is 11.9. The quantitative estimate of drug-likeness (QED) is 0.789. The molecule has 0 amide bonds. The van der Waals surface area contributed by atoms with Crippen LogP contribution in [-0.4, -0.2) is 18.1 Å². The molecule has 1 fully saturated rings. The van der Waals surface area contributed by atoms with E-state index in [1.165, 1.54) is 11.3 Å². The summed E-state index contributed by atoms with van der Waals surface area (Å²) in [5.74, 6) is 0.288. The molecule has 0 aromatic heterocycles. The van der Waals surface area contributed by atoms with Gasteiger partial charge in [-0.15, -0.1) is 0 Å². The van der Waals surface area contributed by atoms with Crippen molar-refractivity contribution in [3.8, 4) is 0 Å². The third kappa shape index (κ3) is 2.63. The second-order valence-electron chi connectivity index (χ2n) is 6.00. The predicted molar refractivity (Wildman–Crippen MR) is 88.1 cm³/mol. The van der Waals surface area contributed by atoms with Crippen molar-refractivity contribution in [3.05, 3.63) is 52.7 Å². The molecule has 0 bridgehead atoms. The van der Waals surface area contributed by atoms with Gasteiger partial charge in [0.1, 0.15) is 0 Å². The molecule has 3 rings (SSSR count). The summed E-state index contributed by atoms with van der Waals surface area (Å²) >= 11 is 0. The molecular formula is C19H21NO2. The van der Waals surface area contributed by atoms with E-state index in [0.29, 0.717) is 0 Å². The minimum Gasteiger partial charge on any atom is -0.342 e. The summed E-state index contributed by atoms with van der Waals surface area (Å²) in [7, 11) is 0. The van der Waals surface area contributed by atoms with Crippen molar-refractivity contribution in [2.75, 3.05) is 11.4 Å². The Bertz CT molecular complexity index is 680. The Hall–Kier alpha value is -2.16. The molecule has 114 valence electrons. The van der Waals surface area contributed by atoms with Gasteiger partial charge in [0.2, 0.25) is 0 Å². The van der Waals surface area contributed by atoms with Gasteiger partial charge in [0.05, 0.1) is 0 Å². The van der Waals surface area contributed by atoms with Gasteiger partial charge in [-0.1, -0.05) is 6.08 Å². The molecule has 0 atom stereocenters. The van der Waals surface area contributed by atoms with Crippen LogP contribution in [0.3, 0.4) is 0 Å². The average Bonchev–Trinajstić information content (AvgIpc) is 2.53. The van der Waals surface area contributed by atoms with Gasteiger partial charge in [-0.3, -0.25) is 9.59 Å². The zero-order valence-electron chi connectivity index (χ0n) is 13.2. The first-order valence-electron chi connectivity index (χ1n) is 7.90. The average molecular weight is 295 g/mol. The largest absolute Gasteiger partial charge is 0.342 e. The van der Waals surface area contributed by atoms with Crippen LogP contribution in [0.25, 0.3) is 0 Å². The van der Waals surface area contributed by atoms with Crippen LogP contribution in [-0.2, 0) is 4.79 Å². The Morgan fingerprint density at radius 1 is 1.00 bits per heavy atom. The lowest BCUT2D eigenvalue weighted by Crippen LogP contribution is -2.31. The number of hydrogen-bond acceptors (Lipinski definition) is 3. The van der Waals surface area contributed by atoms with Crippen LogP contribution in [0.2, 0.25) is 0 Å². The van der Waals surface area contributed by atoms with Gasteiger partial charge in [-0.05, 0) is 69.4 Å². The first-order chi connectivity index (χ1) is 10.6. The molecule has 1 aliphatic heterocycles. The van der Waals surface area contributed by atoms with Crippen LogP contribution >= 0.6 is 0 Å². The SMILES string of the molecule is CC(=O)C1=C2CCCN(c3ccc(C(C)=O)cc3)C2=CCC1. The van der Waals surface area contributed by atoms with E-state index >= 15 is 0 Å². The topological polar surface area (TPSA) is 37.4 Å². The molecule has 2 aliphatic rings. The lowest BCUT2D eigenvalue weighted by Gasteiger charge is -2.36. The predicted octanol–water partition coefficient (Wildman–Crippen LogP) is 4.05. The third-order valence-electron chi connectivity index (χ3n) is 4.52. The molecule has 0 spiro atoms. The molecule has 1 saturated heterocycles. The number of carbonyl (C=O) groups excluding carboxylic acids is 2. The highest BCUT2D eigenvalue weighted by molar-refractivity contribution is 5.96. The highest BCUT2D eigenvalue weighted by Gasteiger charge is 2.27. The monoisotopic (exact) mass is 295 g/mol. The van der Waals surface area contributed by atoms with Crippen LogP contribution in [0, 0.1) is 0 Å². The van der Waals surface area contributed by atoms with Crippen molar-refractivity contribution in [1.29, 1.82) is 0 Å². The van der Waals surface area contributed by atoms with E-state index in [2.05, 4.69) is 11.0 Å². The lowest BCUT2D eigenvalue weighted by molar-refractivity contribution is -0.113. The molecule has 1 aliphatic carbocycles. The summed E-state index contributed by atoms with van der Waals surface area (Å²) < 4.78 is 0. The Morgan fingerprint density at radius 3 is 2.36 bits per heavy atom. The second-order valence-corrected chi connectivity index (χ2v) is 6.00. The standard InChI is InChI=1S/C19H21NO2/c1-13(21)15-8-10-16(11-9-15)20-12-4-6-18-17(14(2)22)5-3-7-19(18)20/h7-11H,3-6,12H2,1-2H3. The number of carbonyl (C=O) groups is 2. The number of Topliss-reactive ketones (excluding diaryl/α,β-unsaturated/α-hetero) is 2. The number of ketones is 2. The fraction of sp³-hybridized carbons (Fsp3) is 0.368. The van der Waals surface area contributed by atoms with Gasteiger partial charge >= 0.3 is 0 Å². The summed E-state index contributed by atoms with van der Waals surface area (Å²) in [6, 6.07) is 7.76. The van der Waals surface area contributed by atoms with Crippen molar-refractivity contribution < 1.29 is 9.59 Å². The molecule has 3 heteroatoms. The summed E-state index contributed by atoms with van der Waals surface area (Å²) in [6.07, 6.45) is 6.08. The molecule has 0 saturated carbocycles. The molecule has 0 N–H and O–H groups in total. The molecule has 3 nitrogen and oxygen atoms in total. The lowest BCUT2D eigenvalue weighted by atomic mass is 9.86. The number of rotatable bonds is 3. The van der Waals surface area contributed by atoms with Crippen molar-refractivity contribution in [2.45, 2.75) is 39.5 Å². The molecule has 0 unspecified atom stereocenters. The molecule has 0 radical (unpaired) electrons. The van der Waals surface area contributed by atoms with Crippen molar-refractivity contribution in [2.24, 2.45) is 0 Å². The minimum atomic E-state index is 0.0847. The zero-order chi connectivity index (χ0) is 15.7. The van der Waals surface area contributed by atoms with Crippen LogP contribution < -0.4 is 4.90 Å². The highest BCUT2D eigenvalue weighted by atomic mass is 16.1. The Morgan fingerprint density at radius 2 is 1.73 bits per heavy atom. The molecule has 22 heavy (non-hydrogen) atoms. The summed E-state index contributed by atoms with van der Waals surface area (Å²) in [6.45, 7) is 4.21. The summed E-state index contributed by atoms with van der Waals surface area (Å²) in [4.78, 5) is 25.6. The van der Waals surface area contributed by atoms with Gasteiger partial charge < -0.3 is 4.90 Å². The van der Waals surface area contributed by atoms with Crippen molar-refractivity contribution in [3.63, 3.8) is 0 Å². The Kier molecular flexibility index (Phi) is 3.97. The van der Waals surface area contributed by atoms with Crippen LogP contribution in [0.4, 0.5) is 5.69 Å². The zero-order valence-corrected chi connectivity index (χ0v) is 13.2. The smallest absolute Gasteiger partial charge is 0.159 e. The van der Waals surface area contributed by atoms with E-state index in [9.17, 15) is 9.59 Å². The van der Waals surface area contributed by atoms with E-state index in [1.54, 1.807) is 13.8 Å². The van der Waals surface area contributed by atoms with Crippen LogP contribution in [0.1, 0.15) is 49.9 Å². The number of allylic oxidation sites excluding steroid dienone is 3. The van der Waals surface area contributed by atoms with Crippen molar-refractivity contribution >= 4 is 17.3 Å². The first kappa shape index (κ1) is 14.8. The summed E-state index contributed by atoms with van der Waals surface area (Å²) in [5.41, 5.74) is 5.25. The first-order valence-corrected chi connectivity index (χ1v) is 7.90. The van der Waals surface area contributed by atoms with E-state index in [1.807, 2.05) is 24.3 Å². The van der Waals surface area contributed by atoms with Crippen LogP contribution in [0.15, 0.2) is 47.2 Å². The fourth-order valence-electron chi connectivity index (χ4n) is 3.40. The number of nitrogens with zero attached hydrogens (tertiary/aromatic N) is 1. The fourth-order valence-corrected chi connectivity index (χ4v) is 3.40. The minimum absolute atomic E-state index is 0.0847. The number of hydrogen-bond donors (Lipinski definition) is 0. The van der Waals surface area contributed by atoms with Gasteiger partial charge in [0, 0.05) is 29.1 Å². The number of anilines is 1. The maximum Gasteiger partial charge on any atom is 0.159 e. The number of piperidine rings is 1. The Balaban J connectivity index is 1.96. The number of fused-ring (bicyclic) bond motifs is 1. The number of benzene rings is 1. The maximum atomic E-state index is 11.9. The molecular weight excluding hydrogens is 274 g/mol. The van der Waals surface area contributed by atoms with E-state index in [4.69, 9.17) is 0 Å². The molecule has 1 aromatic carbocycles. The summed E-state index contributed by atoms with van der Waals surface area (Å²) in [5, 5.41) is 0. The van der Waals surface area contributed by atoms with E-state index in [0.717, 1.165) is 49.1 Å². The van der Waals surface area contributed by atoms with Gasteiger partial charge in [-0.25, -0.2) is 0 Å². The Labute approximate surface area is 131 Å².